The lowest BCUT2D eigenvalue weighted by molar-refractivity contribution is 0.925. The average molecular weight is 204 g/mol. The van der Waals surface area contributed by atoms with Crippen molar-refractivity contribution < 1.29 is 0 Å². The third-order valence-electron chi connectivity index (χ3n) is 2.06. The first-order valence-corrected chi connectivity index (χ1v) is 4.53. The molecule has 0 unspecified atom stereocenters. The SMILES string of the molecule is CNc1cc(-n2ccnc2C)nc(N)n1. The summed E-state index contributed by atoms with van der Waals surface area (Å²) in [4.78, 5) is 12.3. The van der Waals surface area contributed by atoms with Gasteiger partial charge in [0, 0.05) is 25.5 Å². The molecule has 0 bridgehead atoms. The fraction of sp³-hybridized carbons (Fsp3) is 0.222. The van der Waals surface area contributed by atoms with E-state index in [2.05, 4.69) is 20.3 Å². The average Bonchev–Trinajstić information content (AvgIpc) is 2.63. The largest absolute Gasteiger partial charge is 0.373 e. The van der Waals surface area contributed by atoms with E-state index in [0.717, 1.165) is 5.82 Å². The molecule has 0 aliphatic rings. The molecular formula is C9H12N6. The van der Waals surface area contributed by atoms with E-state index in [1.165, 1.54) is 0 Å². The van der Waals surface area contributed by atoms with Gasteiger partial charge >= 0.3 is 0 Å². The summed E-state index contributed by atoms with van der Waals surface area (Å²) >= 11 is 0. The van der Waals surface area contributed by atoms with Crippen LogP contribution in [0.25, 0.3) is 5.82 Å². The summed E-state index contributed by atoms with van der Waals surface area (Å²) in [7, 11) is 1.78. The summed E-state index contributed by atoms with van der Waals surface area (Å²) in [5, 5.41) is 2.92. The number of aryl methyl sites for hydroxylation is 1. The maximum Gasteiger partial charge on any atom is 0.223 e. The first kappa shape index (κ1) is 9.45. The Kier molecular flexibility index (Phi) is 2.24. The Balaban J connectivity index is 2.53. The van der Waals surface area contributed by atoms with E-state index in [0.29, 0.717) is 11.6 Å². The van der Waals surface area contributed by atoms with Crippen molar-refractivity contribution in [2.24, 2.45) is 0 Å². The number of hydrogen-bond donors (Lipinski definition) is 2. The van der Waals surface area contributed by atoms with E-state index in [4.69, 9.17) is 5.73 Å². The van der Waals surface area contributed by atoms with Crippen LogP contribution >= 0.6 is 0 Å². The predicted molar refractivity (Wildman–Crippen MR) is 57.9 cm³/mol. The lowest BCUT2D eigenvalue weighted by Crippen LogP contribution is -2.05. The van der Waals surface area contributed by atoms with Crippen molar-refractivity contribution in [3.05, 3.63) is 24.3 Å². The Bertz CT molecular complexity index is 475. The second-order valence-corrected chi connectivity index (χ2v) is 3.06. The van der Waals surface area contributed by atoms with Crippen molar-refractivity contribution >= 4 is 11.8 Å². The number of nitrogens with one attached hydrogen (secondary N) is 1. The number of nitrogen functional groups attached to an aromatic ring is 1. The quantitative estimate of drug-likeness (QED) is 0.748. The van der Waals surface area contributed by atoms with Crippen molar-refractivity contribution in [2.45, 2.75) is 6.92 Å². The molecule has 0 amide bonds. The molecule has 6 nitrogen and oxygen atoms in total. The second kappa shape index (κ2) is 3.56. The topological polar surface area (TPSA) is 81.7 Å². The third-order valence-corrected chi connectivity index (χ3v) is 2.06. The van der Waals surface area contributed by atoms with Gasteiger partial charge in [0.25, 0.3) is 0 Å². The third kappa shape index (κ3) is 1.74. The summed E-state index contributed by atoms with van der Waals surface area (Å²) in [5.74, 6) is 2.49. The van der Waals surface area contributed by atoms with Crippen LogP contribution in [0.5, 0.6) is 0 Å². The van der Waals surface area contributed by atoms with E-state index in [9.17, 15) is 0 Å². The van der Waals surface area contributed by atoms with E-state index >= 15 is 0 Å². The summed E-state index contributed by atoms with van der Waals surface area (Å²) in [5.41, 5.74) is 5.60. The van der Waals surface area contributed by atoms with Gasteiger partial charge in [-0.05, 0) is 6.92 Å². The molecule has 0 atom stereocenters. The van der Waals surface area contributed by atoms with Crippen LogP contribution in [0.2, 0.25) is 0 Å². The second-order valence-electron chi connectivity index (χ2n) is 3.06. The molecule has 0 spiro atoms. The molecule has 0 saturated heterocycles. The van der Waals surface area contributed by atoms with Crippen molar-refractivity contribution in [1.29, 1.82) is 0 Å². The molecule has 3 N–H and O–H groups in total. The lowest BCUT2D eigenvalue weighted by atomic mass is 10.5. The van der Waals surface area contributed by atoms with Gasteiger partial charge in [-0.2, -0.15) is 9.97 Å². The molecule has 2 aromatic rings. The van der Waals surface area contributed by atoms with Gasteiger partial charge in [-0.25, -0.2) is 4.98 Å². The van der Waals surface area contributed by atoms with Gasteiger partial charge in [-0.15, -0.1) is 0 Å². The Morgan fingerprint density at radius 1 is 1.40 bits per heavy atom. The Labute approximate surface area is 87.2 Å². The number of nitrogens with two attached hydrogens (primary N) is 1. The van der Waals surface area contributed by atoms with Gasteiger partial charge in [0.15, 0.2) is 0 Å². The van der Waals surface area contributed by atoms with Gasteiger partial charge in [0.2, 0.25) is 5.95 Å². The summed E-state index contributed by atoms with van der Waals surface area (Å²) in [6, 6.07) is 1.81. The molecule has 0 aliphatic carbocycles. The number of hydrogen-bond acceptors (Lipinski definition) is 5. The molecule has 78 valence electrons. The van der Waals surface area contributed by atoms with Crippen molar-refractivity contribution in [3.63, 3.8) is 0 Å². The Morgan fingerprint density at radius 2 is 2.20 bits per heavy atom. The normalized spacial score (nSPS) is 10.3. The fourth-order valence-corrected chi connectivity index (χ4v) is 1.32. The van der Waals surface area contributed by atoms with Gasteiger partial charge in [-0.1, -0.05) is 0 Å². The summed E-state index contributed by atoms with van der Waals surface area (Å²) in [6.45, 7) is 1.90. The van der Waals surface area contributed by atoms with Crippen molar-refractivity contribution in [1.82, 2.24) is 19.5 Å². The zero-order chi connectivity index (χ0) is 10.8. The Morgan fingerprint density at radius 3 is 2.80 bits per heavy atom. The van der Waals surface area contributed by atoms with E-state index in [1.54, 1.807) is 13.2 Å². The van der Waals surface area contributed by atoms with Crippen LogP contribution in [0.1, 0.15) is 5.82 Å². The summed E-state index contributed by atoms with van der Waals surface area (Å²) in [6.07, 6.45) is 3.54. The maximum atomic E-state index is 5.60. The monoisotopic (exact) mass is 204 g/mol. The number of aromatic nitrogens is 4. The van der Waals surface area contributed by atoms with Crippen LogP contribution < -0.4 is 11.1 Å². The van der Waals surface area contributed by atoms with Gasteiger partial charge in [-0.3, -0.25) is 4.57 Å². The predicted octanol–water partition coefficient (Wildman–Crippen LogP) is 0.595. The van der Waals surface area contributed by atoms with Crippen molar-refractivity contribution in [2.75, 3.05) is 18.1 Å². The number of anilines is 2. The standard InChI is InChI=1S/C9H12N6/c1-6-12-3-4-15(6)8-5-7(11-2)13-9(10)14-8/h3-5H,1-2H3,(H3,10,11,13,14). The van der Waals surface area contributed by atoms with Crippen molar-refractivity contribution in [3.8, 4) is 5.82 Å². The highest BCUT2D eigenvalue weighted by Crippen LogP contribution is 2.12. The molecule has 2 aromatic heterocycles. The molecule has 6 heteroatoms. The molecule has 0 saturated carbocycles. The maximum absolute atomic E-state index is 5.60. The molecule has 0 aliphatic heterocycles. The number of rotatable bonds is 2. The van der Waals surface area contributed by atoms with Gasteiger partial charge < -0.3 is 11.1 Å². The number of imidazole rings is 1. The van der Waals surface area contributed by atoms with Crippen LogP contribution in [-0.4, -0.2) is 26.6 Å². The summed E-state index contributed by atoms with van der Waals surface area (Å²) < 4.78 is 1.85. The van der Waals surface area contributed by atoms with Gasteiger partial charge in [0.1, 0.15) is 17.5 Å². The molecular weight excluding hydrogens is 192 g/mol. The van der Waals surface area contributed by atoms with E-state index < -0.39 is 0 Å². The zero-order valence-electron chi connectivity index (χ0n) is 8.60. The Hall–Kier alpha value is -2.11. The first-order valence-electron chi connectivity index (χ1n) is 4.53. The number of nitrogens with zero attached hydrogens (tertiary/aromatic N) is 4. The van der Waals surface area contributed by atoms with Gasteiger partial charge in [0.05, 0.1) is 0 Å². The minimum atomic E-state index is 0.241. The minimum Gasteiger partial charge on any atom is -0.373 e. The van der Waals surface area contributed by atoms with E-state index in [-0.39, 0.29) is 5.95 Å². The van der Waals surface area contributed by atoms with E-state index in [1.807, 2.05) is 23.8 Å². The molecule has 0 fully saturated rings. The van der Waals surface area contributed by atoms with Crippen LogP contribution in [0.15, 0.2) is 18.5 Å². The molecule has 15 heavy (non-hydrogen) atoms. The minimum absolute atomic E-state index is 0.241. The highest BCUT2D eigenvalue weighted by Gasteiger charge is 2.05. The van der Waals surface area contributed by atoms with Crippen LogP contribution in [-0.2, 0) is 0 Å². The first-order chi connectivity index (χ1) is 7.20. The zero-order valence-corrected chi connectivity index (χ0v) is 8.60. The molecule has 0 radical (unpaired) electrons. The fourth-order valence-electron chi connectivity index (χ4n) is 1.32. The van der Waals surface area contributed by atoms with Crippen LogP contribution in [0.4, 0.5) is 11.8 Å². The molecule has 2 heterocycles. The van der Waals surface area contributed by atoms with Crippen LogP contribution in [0, 0.1) is 6.92 Å². The molecule has 0 aromatic carbocycles. The highest BCUT2D eigenvalue weighted by molar-refractivity contribution is 5.45. The van der Waals surface area contributed by atoms with Crippen LogP contribution in [0.3, 0.4) is 0 Å². The highest BCUT2D eigenvalue weighted by atomic mass is 15.2. The lowest BCUT2D eigenvalue weighted by Gasteiger charge is -2.06. The molecule has 2 rings (SSSR count). The smallest absolute Gasteiger partial charge is 0.223 e.